The second-order valence-electron chi connectivity index (χ2n) is 10.2. The molecule has 5 rings (SSSR count). The van der Waals surface area contributed by atoms with Gasteiger partial charge in [-0.2, -0.15) is 26.9 Å². The molecule has 3 aromatic carbocycles. The summed E-state index contributed by atoms with van der Waals surface area (Å²) in [5, 5.41) is 5.55. The van der Waals surface area contributed by atoms with Crippen molar-refractivity contribution in [1.82, 2.24) is 20.1 Å². The second-order valence-corrected chi connectivity index (χ2v) is 11.5. The molecule has 1 aromatic heterocycles. The lowest BCUT2D eigenvalue weighted by molar-refractivity contribution is -0.289. The highest BCUT2D eigenvalue weighted by Crippen LogP contribution is 2.49. The van der Waals surface area contributed by atoms with E-state index in [-0.39, 0.29) is 39.7 Å². The Balaban J connectivity index is 1.27. The maximum absolute atomic E-state index is 14.5. The van der Waals surface area contributed by atoms with E-state index >= 15 is 0 Å². The van der Waals surface area contributed by atoms with Gasteiger partial charge in [-0.1, -0.05) is 23.4 Å². The van der Waals surface area contributed by atoms with Gasteiger partial charge in [-0.25, -0.2) is 14.5 Å². The van der Waals surface area contributed by atoms with Gasteiger partial charge in [0.1, 0.15) is 23.6 Å². The summed E-state index contributed by atoms with van der Waals surface area (Å²) in [4.78, 5) is 32.9. The number of benzene rings is 3. The average molecular weight is 805 g/mol. The van der Waals surface area contributed by atoms with Crippen molar-refractivity contribution in [2.45, 2.75) is 24.8 Å². The second kappa shape index (κ2) is 14.6. The molecule has 0 aliphatic carbocycles. The number of carbonyl (C=O) groups excluding carboxylic acids is 2. The zero-order chi connectivity index (χ0) is 38.9. The summed E-state index contributed by atoms with van der Waals surface area (Å²) in [5.74, 6) is -9.06. The van der Waals surface area contributed by atoms with Crippen LogP contribution in [-0.2, 0) is 10.7 Å². The number of aromatic nitrogens is 3. The van der Waals surface area contributed by atoms with Gasteiger partial charge in [-0.15, -0.1) is 31.4 Å². The van der Waals surface area contributed by atoms with Crippen LogP contribution in [0.15, 0.2) is 72.0 Å². The SMILES string of the molecule is O=C(/N=C1\SCC(=O)N1c1cc(OC(F)(F)F)ccc1C(F)(F)C(F)(F)F)NCOc1ccc(-c2ncn(-c3ccc(OC(F)(F)F)cc3)n2)cc1Cl. The van der Waals surface area contributed by atoms with Crippen molar-refractivity contribution in [3.05, 3.63) is 77.6 Å². The first-order valence-electron chi connectivity index (χ1n) is 14.0. The number of thioether (sulfide) groups is 1. The Kier molecular flexibility index (Phi) is 10.7. The molecule has 1 saturated heterocycles. The molecule has 0 bridgehead atoms. The highest BCUT2D eigenvalue weighted by Gasteiger charge is 2.60. The van der Waals surface area contributed by atoms with Crippen LogP contribution >= 0.6 is 23.4 Å². The number of carbonyl (C=O) groups is 2. The molecule has 0 atom stereocenters. The number of hydrogen-bond acceptors (Lipinski definition) is 8. The molecule has 0 spiro atoms. The third kappa shape index (κ3) is 9.38. The lowest BCUT2D eigenvalue weighted by atomic mass is 10.0. The zero-order valence-electron chi connectivity index (χ0n) is 25.5. The molecule has 1 N–H and O–H groups in total. The maximum atomic E-state index is 14.5. The molecule has 1 aliphatic heterocycles. The lowest BCUT2D eigenvalue weighted by Crippen LogP contribution is -2.38. The number of aliphatic imine (C=N–C) groups is 1. The van der Waals surface area contributed by atoms with Crippen LogP contribution in [-0.4, -0.2) is 63.3 Å². The van der Waals surface area contributed by atoms with Crippen molar-refractivity contribution in [2.75, 3.05) is 17.4 Å². The molecule has 0 saturated carbocycles. The molecular formula is C29H16ClF11N6O5S. The van der Waals surface area contributed by atoms with Crippen molar-refractivity contribution < 1.29 is 72.1 Å². The summed E-state index contributed by atoms with van der Waals surface area (Å²) in [5.41, 5.74) is -2.58. The number of anilines is 1. The van der Waals surface area contributed by atoms with Gasteiger partial charge >= 0.3 is 30.9 Å². The van der Waals surface area contributed by atoms with Crippen molar-refractivity contribution in [2.24, 2.45) is 4.99 Å². The number of urea groups is 1. The summed E-state index contributed by atoms with van der Waals surface area (Å²) in [6.45, 7) is -0.666. The van der Waals surface area contributed by atoms with E-state index in [1.54, 1.807) is 0 Å². The van der Waals surface area contributed by atoms with Crippen LogP contribution in [0.4, 0.5) is 58.8 Å². The Labute approximate surface area is 297 Å². The van der Waals surface area contributed by atoms with E-state index in [9.17, 15) is 57.9 Å². The molecule has 2 heterocycles. The van der Waals surface area contributed by atoms with Crippen LogP contribution in [0.2, 0.25) is 5.02 Å². The lowest BCUT2D eigenvalue weighted by Gasteiger charge is -2.26. The molecule has 53 heavy (non-hydrogen) atoms. The Morgan fingerprint density at radius 3 is 2.15 bits per heavy atom. The molecular weight excluding hydrogens is 789 g/mol. The van der Waals surface area contributed by atoms with Crippen molar-refractivity contribution in [1.29, 1.82) is 0 Å². The number of alkyl halides is 11. The minimum atomic E-state index is -6.23. The van der Waals surface area contributed by atoms with Crippen LogP contribution < -0.4 is 24.4 Å². The predicted molar refractivity (Wildman–Crippen MR) is 163 cm³/mol. The van der Waals surface area contributed by atoms with E-state index in [4.69, 9.17) is 16.3 Å². The largest absolute Gasteiger partial charge is 0.573 e. The van der Waals surface area contributed by atoms with Crippen LogP contribution in [0.5, 0.6) is 17.2 Å². The Morgan fingerprint density at radius 2 is 1.53 bits per heavy atom. The van der Waals surface area contributed by atoms with Gasteiger partial charge in [0.05, 0.1) is 27.7 Å². The van der Waals surface area contributed by atoms with Crippen molar-refractivity contribution >= 4 is 46.2 Å². The molecule has 0 unspecified atom stereocenters. The van der Waals surface area contributed by atoms with E-state index in [1.807, 2.05) is 0 Å². The first-order chi connectivity index (χ1) is 24.6. The van der Waals surface area contributed by atoms with Gasteiger partial charge in [-0.05, 0) is 54.6 Å². The number of halogens is 12. The van der Waals surface area contributed by atoms with Crippen LogP contribution in [0, 0.1) is 0 Å². The molecule has 3 amide bonds. The number of amides is 3. The van der Waals surface area contributed by atoms with Gasteiger partial charge in [0.25, 0.3) is 0 Å². The van der Waals surface area contributed by atoms with Crippen LogP contribution in [0.1, 0.15) is 5.56 Å². The minimum Gasteiger partial charge on any atom is -0.472 e. The number of rotatable bonds is 9. The van der Waals surface area contributed by atoms with Crippen LogP contribution in [0.25, 0.3) is 17.1 Å². The topological polar surface area (TPSA) is 120 Å². The molecule has 1 fully saturated rings. The number of amidine groups is 1. The summed E-state index contributed by atoms with van der Waals surface area (Å²) in [6, 6.07) is 7.93. The minimum absolute atomic E-state index is 0.00122. The predicted octanol–water partition coefficient (Wildman–Crippen LogP) is 8.22. The number of hydrogen-bond donors (Lipinski definition) is 1. The summed E-state index contributed by atoms with van der Waals surface area (Å²) in [7, 11) is 0. The number of nitrogens with one attached hydrogen (secondary N) is 1. The van der Waals surface area contributed by atoms with Crippen molar-refractivity contribution in [3.63, 3.8) is 0 Å². The number of ether oxygens (including phenoxy) is 3. The maximum Gasteiger partial charge on any atom is 0.573 e. The van der Waals surface area contributed by atoms with Crippen molar-refractivity contribution in [3.8, 4) is 34.3 Å². The van der Waals surface area contributed by atoms with E-state index in [0.717, 1.165) is 12.1 Å². The van der Waals surface area contributed by atoms with E-state index < -0.39 is 77.2 Å². The van der Waals surface area contributed by atoms with Gasteiger partial charge in [0, 0.05) is 11.6 Å². The first kappa shape index (κ1) is 38.9. The number of nitrogens with zero attached hydrogens (tertiary/aromatic N) is 5. The third-order valence-corrected chi connectivity index (χ3v) is 7.79. The molecule has 24 heteroatoms. The smallest absolute Gasteiger partial charge is 0.472 e. The summed E-state index contributed by atoms with van der Waals surface area (Å²) >= 11 is 6.68. The molecule has 1 aliphatic rings. The fourth-order valence-electron chi connectivity index (χ4n) is 4.37. The Morgan fingerprint density at radius 1 is 0.887 bits per heavy atom. The first-order valence-corrected chi connectivity index (χ1v) is 15.4. The van der Waals surface area contributed by atoms with Gasteiger partial charge < -0.3 is 19.5 Å². The Hall–Kier alpha value is -5.32. The third-order valence-electron chi connectivity index (χ3n) is 6.57. The molecule has 0 radical (unpaired) electrons. The van der Waals surface area contributed by atoms with E-state index in [1.165, 1.54) is 41.3 Å². The monoisotopic (exact) mass is 804 g/mol. The van der Waals surface area contributed by atoms with E-state index in [0.29, 0.717) is 23.0 Å². The fourth-order valence-corrected chi connectivity index (χ4v) is 5.47. The molecule has 4 aromatic rings. The highest BCUT2D eigenvalue weighted by molar-refractivity contribution is 8.15. The normalized spacial score (nSPS) is 14.8. The molecule has 282 valence electrons. The summed E-state index contributed by atoms with van der Waals surface area (Å²) < 4.78 is 158. The molecule has 11 nitrogen and oxygen atoms in total. The Bertz CT molecular complexity index is 2040. The van der Waals surface area contributed by atoms with E-state index in [2.05, 4.69) is 29.9 Å². The highest BCUT2D eigenvalue weighted by atomic mass is 35.5. The van der Waals surface area contributed by atoms with Gasteiger partial charge in [-0.3, -0.25) is 9.69 Å². The quantitative estimate of drug-likeness (QED) is 0.133. The average Bonchev–Trinajstić information content (AvgIpc) is 3.67. The van der Waals surface area contributed by atoms with Gasteiger partial charge in [0.15, 0.2) is 17.7 Å². The summed E-state index contributed by atoms with van der Waals surface area (Å²) in [6.07, 6.45) is -15.2. The fraction of sp³-hybridized carbons (Fsp3) is 0.207. The van der Waals surface area contributed by atoms with Gasteiger partial charge in [0.2, 0.25) is 5.91 Å². The standard InChI is InChI=1S/C29H16ClF11N6O5S/c30-19-9-14(23-42-12-46(45-23)15-2-4-16(5-3-15)51-28(36,37)38)1-8-21(19)50-13-43-24(49)44-25-47(22(48)11-53-25)20-10-17(52-29(39,40)41)6-7-18(20)26(31,32)27(33,34)35/h1-10,12H,11,13H2,(H,43,49)/b44-25-. The van der Waals surface area contributed by atoms with Crippen LogP contribution in [0.3, 0.4) is 0 Å². The zero-order valence-corrected chi connectivity index (χ0v) is 27.1.